The number of fused-ring (bicyclic) bond motifs is 1. The van der Waals surface area contributed by atoms with Crippen molar-refractivity contribution in [3.8, 4) is 0 Å². The number of aliphatic imine (C=N–C) groups is 1. The number of aryl methyl sites for hydroxylation is 2. The van der Waals surface area contributed by atoms with Crippen LogP contribution in [0.4, 0.5) is 5.69 Å². The Morgan fingerprint density at radius 2 is 2.05 bits per heavy atom. The molecule has 0 radical (unpaired) electrons. The zero-order valence-corrected chi connectivity index (χ0v) is 11.9. The van der Waals surface area contributed by atoms with Gasteiger partial charge in [-0.05, 0) is 31.0 Å². The second kappa shape index (κ2) is 5.12. The summed E-state index contributed by atoms with van der Waals surface area (Å²) >= 11 is 0. The van der Waals surface area contributed by atoms with Crippen LogP contribution in [0.5, 0.6) is 0 Å². The standard InChI is InChI=1S/C12H15N3O4S/c1-7-5-8(2)11-9(6-7)14-12(15-20(11,18)19)13-4-3-10(16)17/h5-6H,3-4H2,1-2H3,(H,16,17)(H2,13,14,15). The third-order valence-corrected chi connectivity index (χ3v) is 4.31. The Morgan fingerprint density at radius 3 is 2.70 bits per heavy atom. The molecule has 0 spiro atoms. The molecule has 0 unspecified atom stereocenters. The molecule has 8 heteroatoms. The monoisotopic (exact) mass is 297 g/mol. The molecule has 0 bridgehead atoms. The van der Waals surface area contributed by atoms with E-state index in [1.807, 2.05) is 6.92 Å². The summed E-state index contributed by atoms with van der Waals surface area (Å²) in [4.78, 5) is 14.5. The van der Waals surface area contributed by atoms with Crippen molar-refractivity contribution >= 4 is 27.6 Å². The summed E-state index contributed by atoms with van der Waals surface area (Å²) in [5.41, 5.74) is 2.02. The number of carbonyl (C=O) groups is 1. The number of nitrogens with one attached hydrogen (secondary N) is 2. The first-order valence-electron chi connectivity index (χ1n) is 5.97. The summed E-state index contributed by atoms with van der Waals surface area (Å²) < 4.78 is 26.6. The molecule has 1 aliphatic heterocycles. The van der Waals surface area contributed by atoms with Gasteiger partial charge in [0.1, 0.15) is 4.90 Å². The minimum atomic E-state index is -3.68. The van der Waals surface area contributed by atoms with Crippen LogP contribution in [-0.2, 0) is 14.8 Å². The predicted molar refractivity (Wildman–Crippen MR) is 74.4 cm³/mol. The number of sulfonamides is 1. The highest BCUT2D eigenvalue weighted by atomic mass is 32.2. The van der Waals surface area contributed by atoms with E-state index in [4.69, 9.17) is 5.11 Å². The zero-order chi connectivity index (χ0) is 14.9. The van der Waals surface area contributed by atoms with Gasteiger partial charge in [-0.1, -0.05) is 6.07 Å². The third kappa shape index (κ3) is 2.90. The fraction of sp³-hybridized carbons (Fsp3) is 0.333. The first kappa shape index (κ1) is 14.3. The number of hydrogen-bond donors (Lipinski definition) is 3. The van der Waals surface area contributed by atoms with Gasteiger partial charge < -0.3 is 10.4 Å². The first-order valence-corrected chi connectivity index (χ1v) is 7.45. The lowest BCUT2D eigenvalue weighted by Crippen LogP contribution is -2.41. The SMILES string of the molecule is Cc1cc(C)c2c(c1)NC(=NCCC(=O)O)NS2(=O)=O. The second-order valence-corrected chi connectivity index (χ2v) is 6.18. The fourth-order valence-corrected chi connectivity index (χ4v) is 3.42. The number of hydrogen-bond acceptors (Lipinski definition) is 4. The number of benzene rings is 1. The quantitative estimate of drug-likeness (QED) is 0.766. The van der Waals surface area contributed by atoms with E-state index in [-0.39, 0.29) is 23.8 Å². The molecule has 1 aliphatic rings. The molecule has 0 amide bonds. The average molecular weight is 297 g/mol. The molecule has 0 aromatic heterocycles. The van der Waals surface area contributed by atoms with E-state index in [2.05, 4.69) is 15.0 Å². The van der Waals surface area contributed by atoms with Crippen LogP contribution in [0.3, 0.4) is 0 Å². The van der Waals surface area contributed by atoms with Crippen molar-refractivity contribution in [2.75, 3.05) is 11.9 Å². The number of rotatable bonds is 3. The molecule has 108 valence electrons. The van der Waals surface area contributed by atoms with Crippen molar-refractivity contribution in [3.63, 3.8) is 0 Å². The lowest BCUT2D eigenvalue weighted by atomic mass is 10.1. The van der Waals surface area contributed by atoms with E-state index in [9.17, 15) is 13.2 Å². The average Bonchev–Trinajstić information content (AvgIpc) is 2.24. The molecule has 7 nitrogen and oxygen atoms in total. The van der Waals surface area contributed by atoms with Crippen molar-refractivity contribution < 1.29 is 18.3 Å². The molecule has 20 heavy (non-hydrogen) atoms. The zero-order valence-electron chi connectivity index (χ0n) is 11.1. The van der Waals surface area contributed by atoms with Crippen LogP contribution in [0.2, 0.25) is 0 Å². The molecule has 1 heterocycles. The summed E-state index contributed by atoms with van der Waals surface area (Å²) in [7, 11) is -3.68. The molecule has 3 N–H and O–H groups in total. The van der Waals surface area contributed by atoms with Crippen molar-refractivity contribution in [1.29, 1.82) is 0 Å². The maximum Gasteiger partial charge on any atom is 0.305 e. The van der Waals surface area contributed by atoms with E-state index >= 15 is 0 Å². The van der Waals surface area contributed by atoms with Crippen LogP contribution in [0.25, 0.3) is 0 Å². The van der Waals surface area contributed by atoms with E-state index < -0.39 is 16.0 Å². The Labute approximate surface area is 116 Å². The minimum absolute atomic E-state index is 0.000315. The number of nitrogens with zero attached hydrogens (tertiary/aromatic N) is 1. The normalized spacial score (nSPS) is 18.0. The summed E-state index contributed by atoms with van der Waals surface area (Å²) in [5.74, 6) is -0.941. The Bertz CT molecular complexity index is 695. The molecular weight excluding hydrogens is 282 g/mol. The second-order valence-electron chi connectivity index (χ2n) is 4.56. The van der Waals surface area contributed by atoms with Crippen LogP contribution in [-0.4, -0.2) is 32.0 Å². The van der Waals surface area contributed by atoms with Crippen molar-refractivity contribution in [2.24, 2.45) is 4.99 Å². The van der Waals surface area contributed by atoms with Crippen LogP contribution in [0.1, 0.15) is 17.5 Å². The van der Waals surface area contributed by atoms with Gasteiger partial charge in [0.25, 0.3) is 10.0 Å². The van der Waals surface area contributed by atoms with Gasteiger partial charge in [0.15, 0.2) is 0 Å². The van der Waals surface area contributed by atoms with Gasteiger partial charge in [-0.2, -0.15) is 0 Å². The topological polar surface area (TPSA) is 108 Å². The van der Waals surface area contributed by atoms with E-state index in [1.165, 1.54) is 0 Å². The van der Waals surface area contributed by atoms with E-state index in [1.54, 1.807) is 19.1 Å². The number of guanidine groups is 1. The highest BCUT2D eigenvalue weighted by molar-refractivity contribution is 7.90. The lowest BCUT2D eigenvalue weighted by molar-refractivity contribution is -0.136. The Kier molecular flexibility index (Phi) is 3.67. The third-order valence-electron chi connectivity index (χ3n) is 2.77. The number of anilines is 1. The van der Waals surface area contributed by atoms with Crippen LogP contribution >= 0.6 is 0 Å². The molecule has 0 atom stereocenters. The van der Waals surface area contributed by atoms with Crippen LogP contribution in [0.15, 0.2) is 22.0 Å². The molecule has 0 fully saturated rings. The minimum Gasteiger partial charge on any atom is -0.481 e. The van der Waals surface area contributed by atoms with Gasteiger partial charge in [-0.25, -0.2) is 13.1 Å². The van der Waals surface area contributed by atoms with E-state index in [0.717, 1.165) is 5.56 Å². The van der Waals surface area contributed by atoms with Gasteiger partial charge in [0.2, 0.25) is 5.96 Å². The van der Waals surface area contributed by atoms with E-state index in [0.29, 0.717) is 11.3 Å². The van der Waals surface area contributed by atoms with Gasteiger partial charge in [-0.15, -0.1) is 0 Å². The molecular formula is C12H15N3O4S. The fourth-order valence-electron chi connectivity index (χ4n) is 2.07. The highest BCUT2D eigenvalue weighted by Crippen LogP contribution is 2.29. The molecule has 0 aliphatic carbocycles. The van der Waals surface area contributed by atoms with Gasteiger partial charge >= 0.3 is 5.97 Å². The largest absolute Gasteiger partial charge is 0.481 e. The van der Waals surface area contributed by atoms with Crippen LogP contribution in [0, 0.1) is 13.8 Å². The highest BCUT2D eigenvalue weighted by Gasteiger charge is 2.28. The number of aliphatic carboxylic acids is 1. The summed E-state index contributed by atoms with van der Waals surface area (Å²) in [6.07, 6.45) is -0.160. The molecule has 2 rings (SSSR count). The molecule has 0 saturated heterocycles. The van der Waals surface area contributed by atoms with Crippen molar-refractivity contribution in [1.82, 2.24) is 4.72 Å². The molecule has 1 aromatic carbocycles. The molecule has 1 aromatic rings. The Hall–Kier alpha value is -2.09. The first-order chi connectivity index (χ1) is 9.29. The van der Waals surface area contributed by atoms with Crippen molar-refractivity contribution in [2.45, 2.75) is 25.2 Å². The Morgan fingerprint density at radius 1 is 1.35 bits per heavy atom. The summed E-state index contributed by atoms with van der Waals surface area (Å²) in [6, 6.07) is 3.50. The van der Waals surface area contributed by atoms with Gasteiger partial charge in [-0.3, -0.25) is 9.79 Å². The lowest BCUT2D eigenvalue weighted by Gasteiger charge is -2.23. The van der Waals surface area contributed by atoms with Gasteiger partial charge in [0.05, 0.1) is 18.7 Å². The maximum atomic E-state index is 12.2. The van der Waals surface area contributed by atoms with Crippen LogP contribution < -0.4 is 10.0 Å². The summed E-state index contributed by atoms with van der Waals surface area (Å²) in [5, 5.41) is 11.4. The maximum absolute atomic E-state index is 12.2. The van der Waals surface area contributed by atoms with Crippen molar-refractivity contribution in [3.05, 3.63) is 23.3 Å². The molecule has 0 saturated carbocycles. The number of carboxylic acids is 1. The Balaban J connectivity index is 2.37. The number of carboxylic acid groups (broad SMARTS) is 1. The van der Waals surface area contributed by atoms with Gasteiger partial charge in [0, 0.05) is 0 Å². The predicted octanol–water partition coefficient (Wildman–Crippen LogP) is 0.838. The smallest absolute Gasteiger partial charge is 0.305 e. The summed E-state index contributed by atoms with van der Waals surface area (Å²) in [6.45, 7) is 3.59.